The number of hydrogen-bond donors (Lipinski definition) is 1. The van der Waals surface area contributed by atoms with Gasteiger partial charge in [0.1, 0.15) is 0 Å². The summed E-state index contributed by atoms with van der Waals surface area (Å²) in [5.74, 6) is 0. The average molecular weight is 173 g/mol. The maximum Gasteiger partial charge on any atom is 0.0443 e. The minimum absolute atomic E-state index is 0.408. The van der Waals surface area contributed by atoms with E-state index in [1.807, 2.05) is 0 Å². The number of allylic oxidation sites excluding steroid dienone is 4. The molecule has 1 nitrogen and oxygen atoms in total. The molecule has 2 aliphatic rings. The topological polar surface area (TPSA) is 12.0 Å². The van der Waals surface area contributed by atoms with Crippen LogP contribution in [0.25, 0.3) is 0 Å². The van der Waals surface area contributed by atoms with E-state index in [0.29, 0.717) is 12.1 Å². The van der Waals surface area contributed by atoms with E-state index < -0.39 is 0 Å². The Hall–Kier alpha value is -1.08. The van der Waals surface area contributed by atoms with Crippen molar-refractivity contribution in [3.63, 3.8) is 0 Å². The Bertz CT molecular complexity index is 219. The van der Waals surface area contributed by atoms with E-state index in [1.165, 1.54) is 0 Å². The van der Waals surface area contributed by atoms with E-state index in [2.05, 4.69) is 53.9 Å². The molecule has 0 saturated heterocycles. The Morgan fingerprint density at radius 3 is 1.46 bits per heavy atom. The molecular formula is C12H15N. The van der Waals surface area contributed by atoms with Crippen LogP contribution in [0.5, 0.6) is 0 Å². The Morgan fingerprint density at radius 2 is 1.08 bits per heavy atom. The second kappa shape index (κ2) is 4.24. The standard InChI is InChI=1S/C12H15N/c1-3-7-11(8-4-1)13-12-9-5-2-6-10-12/h3-13H,1-2H2. The van der Waals surface area contributed by atoms with Gasteiger partial charge in [-0.25, -0.2) is 0 Å². The molecule has 0 unspecified atom stereocenters. The van der Waals surface area contributed by atoms with Crippen molar-refractivity contribution in [1.29, 1.82) is 0 Å². The van der Waals surface area contributed by atoms with E-state index in [-0.39, 0.29) is 0 Å². The molecular weight excluding hydrogens is 158 g/mol. The Morgan fingerprint density at radius 1 is 0.692 bits per heavy atom. The lowest BCUT2D eigenvalue weighted by molar-refractivity contribution is 0.648. The summed E-state index contributed by atoms with van der Waals surface area (Å²) in [4.78, 5) is 0. The lowest BCUT2D eigenvalue weighted by atomic mass is 10.1. The molecule has 0 aliphatic heterocycles. The summed E-state index contributed by atoms with van der Waals surface area (Å²) in [6, 6.07) is 0.817. The van der Waals surface area contributed by atoms with Crippen LogP contribution >= 0.6 is 0 Å². The van der Waals surface area contributed by atoms with Crippen LogP contribution < -0.4 is 5.32 Å². The fraction of sp³-hybridized carbons (Fsp3) is 0.333. The van der Waals surface area contributed by atoms with Crippen molar-refractivity contribution in [3.05, 3.63) is 48.6 Å². The number of rotatable bonds is 2. The number of nitrogens with one attached hydrogen (secondary N) is 1. The van der Waals surface area contributed by atoms with Crippen LogP contribution in [0.15, 0.2) is 48.6 Å². The van der Waals surface area contributed by atoms with E-state index in [4.69, 9.17) is 0 Å². The lowest BCUT2D eigenvalue weighted by Crippen LogP contribution is -2.34. The zero-order chi connectivity index (χ0) is 8.93. The molecule has 0 aromatic heterocycles. The molecule has 0 aromatic rings. The summed E-state index contributed by atoms with van der Waals surface area (Å²) in [5, 5.41) is 3.51. The quantitative estimate of drug-likeness (QED) is 0.632. The van der Waals surface area contributed by atoms with Crippen LogP contribution in [-0.4, -0.2) is 12.1 Å². The normalized spacial score (nSPS) is 22.8. The summed E-state index contributed by atoms with van der Waals surface area (Å²) in [6.07, 6.45) is 19.8. The zero-order valence-corrected chi connectivity index (χ0v) is 7.69. The van der Waals surface area contributed by atoms with Gasteiger partial charge in [0.25, 0.3) is 0 Å². The number of hydrogen-bond acceptors (Lipinski definition) is 1. The van der Waals surface area contributed by atoms with Gasteiger partial charge in [0, 0.05) is 12.1 Å². The average Bonchev–Trinajstić information content (AvgIpc) is 2.21. The van der Waals surface area contributed by atoms with Crippen LogP contribution in [0.3, 0.4) is 0 Å². The van der Waals surface area contributed by atoms with Gasteiger partial charge in [-0.15, -0.1) is 0 Å². The van der Waals surface area contributed by atoms with Gasteiger partial charge in [-0.1, -0.05) is 48.6 Å². The van der Waals surface area contributed by atoms with E-state index in [0.717, 1.165) is 12.8 Å². The monoisotopic (exact) mass is 173 g/mol. The van der Waals surface area contributed by atoms with Crippen LogP contribution in [0.1, 0.15) is 12.8 Å². The first-order valence-electron chi connectivity index (χ1n) is 4.88. The van der Waals surface area contributed by atoms with Gasteiger partial charge in [0.2, 0.25) is 0 Å². The molecule has 0 aromatic carbocycles. The highest BCUT2D eigenvalue weighted by Crippen LogP contribution is 2.06. The summed E-state index contributed by atoms with van der Waals surface area (Å²) in [6.45, 7) is 0. The molecule has 0 bridgehead atoms. The summed E-state index contributed by atoms with van der Waals surface area (Å²) in [5.41, 5.74) is 0. The Labute approximate surface area is 79.5 Å². The highest BCUT2D eigenvalue weighted by atomic mass is 14.9. The second-order valence-corrected chi connectivity index (χ2v) is 3.40. The molecule has 0 spiro atoms. The maximum atomic E-state index is 3.51. The Balaban J connectivity index is 1.89. The fourth-order valence-corrected chi connectivity index (χ4v) is 1.63. The first-order valence-corrected chi connectivity index (χ1v) is 4.88. The third-order valence-electron chi connectivity index (χ3n) is 2.30. The molecule has 1 N–H and O–H groups in total. The third-order valence-corrected chi connectivity index (χ3v) is 2.30. The van der Waals surface area contributed by atoms with Crippen LogP contribution in [0, 0.1) is 0 Å². The smallest absolute Gasteiger partial charge is 0.0443 e. The summed E-state index contributed by atoms with van der Waals surface area (Å²) in [7, 11) is 0. The molecule has 0 radical (unpaired) electrons. The predicted octanol–water partition coefficient (Wildman–Crippen LogP) is 2.35. The first kappa shape index (κ1) is 8.52. The van der Waals surface area contributed by atoms with Crippen molar-refractivity contribution in [2.45, 2.75) is 24.9 Å². The van der Waals surface area contributed by atoms with Crippen LogP contribution in [0.2, 0.25) is 0 Å². The van der Waals surface area contributed by atoms with E-state index in [1.54, 1.807) is 0 Å². The molecule has 13 heavy (non-hydrogen) atoms. The molecule has 0 amide bonds. The van der Waals surface area contributed by atoms with Gasteiger partial charge in [-0.3, -0.25) is 5.32 Å². The van der Waals surface area contributed by atoms with Gasteiger partial charge < -0.3 is 0 Å². The minimum atomic E-state index is 0.408. The zero-order valence-electron chi connectivity index (χ0n) is 7.69. The van der Waals surface area contributed by atoms with Gasteiger partial charge in [-0.05, 0) is 12.8 Å². The van der Waals surface area contributed by atoms with Gasteiger partial charge in [0.05, 0.1) is 0 Å². The molecule has 0 heterocycles. The highest BCUT2D eigenvalue weighted by Gasteiger charge is 2.07. The van der Waals surface area contributed by atoms with Crippen LogP contribution in [-0.2, 0) is 0 Å². The Kier molecular flexibility index (Phi) is 2.78. The van der Waals surface area contributed by atoms with Crippen molar-refractivity contribution in [1.82, 2.24) is 5.32 Å². The molecule has 1 heteroatoms. The lowest BCUT2D eigenvalue weighted by Gasteiger charge is -2.19. The van der Waals surface area contributed by atoms with E-state index >= 15 is 0 Å². The maximum absolute atomic E-state index is 3.51. The second-order valence-electron chi connectivity index (χ2n) is 3.40. The molecule has 0 atom stereocenters. The summed E-state index contributed by atoms with van der Waals surface area (Å²) < 4.78 is 0. The largest absolute Gasteiger partial charge is 0.297 e. The van der Waals surface area contributed by atoms with Gasteiger partial charge in [-0.2, -0.15) is 0 Å². The highest BCUT2D eigenvalue weighted by molar-refractivity contribution is 5.19. The van der Waals surface area contributed by atoms with Gasteiger partial charge in [0.15, 0.2) is 0 Å². The van der Waals surface area contributed by atoms with Crippen molar-refractivity contribution in [2.24, 2.45) is 0 Å². The van der Waals surface area contributed by atoms with E-state index in [9.17, 15) is 0 Å². The fourth-order valence-electron chi connectivity index (χ4n) is 1.63. The van der Waals surface area contributed by atoms with Crippen molar-refractivity contribution in [3.8, 4) is 0 Å². The first-order chi connectivity index (χ1) is 6.45. The summed E-state index contributed by atoms with van der Waals surface area (Å²) >= 11 is 0. The molecule has 2 aliphatic carbocycles. The minimum Gasteiger partial charge on any atom is -0.297 e. The SMILES string of the molecule is C1=CC(NC2C=CCC=C2)C=CC1. The third kappa shape index (κ3) is 2.43. The van der Waals surface area contributed by atoms with Crippen molar-refractivity contribution < 1.29 is 0 Å². The van der Waals surface area contributed by atoms with Crippen molar-refractivity contribution >= 4 is 0 Å². The van der Waals surface area contributed by atoms with Gasteiger partial charge >= 0.3 is 0 Å². The van der Waals surface area contributed by atoms with Crippen molar-refractivity contribution in [2.75, 3.05) is 0 Å². The molecule has 2 rings (SSSR count). The molecule has 0 fully saturated rings. The predicted molar refractivity (Wildman–Crippen MR) is 56.5 cm³/mol. The van der Waals surface area contributed by atoms with Crippen LogP contribution in [0.4, 0.5) is 0 Å². The molecule has 0 saturated carbocycles. The molecule has 68 valence electrons.